The van der Waals surface area contributed by atoms with Crippen LogP contribution in [0.2, 0.25) is 0 Å². The van der Waals surface area contributed by atoms with Crippen LogP contribution in [0.25, 0.3) is 16.9 Å². The fourth-order valence-corrected chi connectivity index (χ4v) is 3.28. The fraction of sp³-hybridized carbons (Fsp3) is 0.190. The molecule has 0 fully saturated rings. The van der Waals surface area contributed by atoms with Gasteiger partial charge < -0.3 is 11.1 Å². The molecule has 6 nitrogen and oxygen atoms in total. The molecule has 2 heterocycles. The summed E-state index contributed by atoms with van der Waals surface area (Å²) in [5.74, 6) is 1.29. The number of aromatic nitrogens is 4. The zero-order valence-electron chi connectivity index (χ0n) is 15.5. The Morgan fingerprint density at radius 3 is 2.59 bits per heavy atom. The lowest BCUT2D eigenvalue weighted by molar-refractivity contribution is 0.834. The summed E-state index contributed by atoms with van der Waals surface area (Å²) in [6, 6.07) is 18.5. The van der Waals surface area contributed by atoms with Crippen LogP contribution in [-0.2, 0) is 13.1 Å². The van der Waals surface area contributed by atoms with Gasteiger partial charge in [-0.1, -0.05) is 42.5 Å². The molecule has 136 valence electrons. The minimum Gasteiger partial charge on any atom is -0.364 e. The molecular formula is C21H22N6. The van der Waals surface area contributed by atoms with Crippen molar-refractivity contribution >= 4 is 16.7 Å². The number of rotatable bonds is 5. The summed E-state index contributed by atoms with van der Waals surface area (Å²) < 4.78 is 2.02. The lowest BCUT2D eigenvalue weighted by Gasteiger charge is -2.11. The smallest absolute Gasteiger partial charge is 0.256 e. The van der Waals surface area contributed by atoms with Crippen molar-refractivity contribution in [3.05, 3.63) is 77.1 Å². The molecule has 4 rings (SSSR count). The molecule has 0 spiro atoms. The van der Waals surface area contributed by atoms with Gasteiger partial charge in [-0.3, -0.25) is 4.57 Å². The Balaban J connectivity index is 1.73. The summed E-state index contributed by atoms with van der Waals surface area (Å²) in [6.07, 6.45) is 0. The van der Waals surface area contributed by atoms with Gasteiger partial charge >= 0.3 is 0 Å². The first-order valence-corrected chi connectivity index (χ1v) is 8.97. The molecular weight excluding hydrogens is 336 g/mol. The molecule has 0 atom stereocenters. The van der Waals surface area contributed by atoms with E-state index < -0.39 is 0 Å². The van der Waals surface area contributed by atoms with Crippen molar-refractivity contribution in [3.63, 3.8) is 0 Å². The summed E-state index contributed by atoms with van der Waals surface area (Å²) in [4.78, 5) is 4.74. The summed E-state index contributed by atoms with van der Waals surface area (Å²) in [7, 11) is 0. The van der Waals surface area contributed by atoms with Gasteiger partial charge in [0, 0.05) is 24.2 Å². The molecule has 4 aromatic rings. The first-order valence-electron chi connectivity index (χ1n) is 8.97. The van der Waals surface area contributed by atoms with E-state index >= 15 is 0 Å². The van der Waals surface area contributed by atoms with Gasteiger partial charge in [-0.2, -0.15) is 4.98 Å². The molecule has 0 saturated heterocycles. The van der Waals surface area contributed by atoms with Gasteiger partial charge in [0.25, 0.3) is 5.95 Å². The second kappa shape index (κ2) is 7.17. The van der Waals surface area contributed by atoms with Crippen LogP contribution in [0.1, 0.15) is 22.5 Å². The fourth-order valence-electron chi connectivity index (χ4n) is 3.28. The highest BCUT2D eigenvalue weighted by atomic mass is 15.3. The first-order chi connectivity index (χ1) is 13.2. The van der Waals surface area contributed by atoms with E-state index in [1.54, 1.807) is 0 Å². The molecule has 0 aliphatic carbocycles. The topological polar surface area (TPSA) is 81.7 Å². The predicted molar refractivity (Wildman–Crippen MR) is 108 cm³/mol. The SMILES string of the molecule is Cc1nnc(-n2c(C)cc3c(CN)cccc32)nc1NCc1ccccc1. The molecule has 3 N–H and O–H groups in total. The first kappa shape index (κ1) is 17.2. The zero-order chi connectivity index (χ0) is 18.8. The van der Waals surface area contributed by atoms with Gasteiger partial charge in [0.15, 0.2) is 5.82 Å². The normalized spacial score (nSPS) is 11.1. The van der Waals surface area contributed by atoms with E-state index in [1.165, 1.54) is 5.56 Å². The molecule has 0 radical (unpaired) electrons. The largest absolute Gasteiger partial charge is 0.364 e. The van der Waals surface area contributed by atoms with E-state index in [2.05, 4.69) is 39.8 Å². The second-order valence-electron chi connectivity index (χ2n) is 6.56. The van der Waals surface area contributed by atoms with Crippen molar-refractivity contribution in [2.45, 2.75) is 26.9 Å². The Morgan fingerprint density at radius 1 is 1.00 bits per heavy atom. The number of fused-ring (bicyclic) bond motifs is 1. The highest BCUT2D eigenvalue weighted by Gasteiger charge is 2.14. The van der Waals surface area contributed by atoms with Crippen molar-refractivity contribution in [1.82, 2.24) is 19.7 Å². The van der Waals surface area contributed by atoms with Crippen LogP contribution in [0.3, 0.4) is 0 Å². The average molecular weight is 358 g/mol. The van der Waals surface area contributed by atoms with Crippen molar-refractivity contribution in [3.8, 4) is 5.95 Å². The maximum Gasteiger partial charge on any atom is 0.256 e. The molecule has 2 aromatic carbocycles. The van der Waals surface area contributed by atoms with Gasteiger partial charge in [-0.25, -0.2) is 0 Å². The molecule has 0 aliphatic rings. The molecule has 0 bridgehead atoms. The monoisotopic (exact) mass is 358 g/mol. The number of hydrogen-bond acceptors (Lipinski definition) is 5. The summed E-state index contributed by atoms with van der Waals surface area (Å²) in [5.41, 5.74) is 11.0. The Kier molecular flexibility index (Phi) is 4.56. The van der Waals surface area contributed by atoms with Crippen LogP contribution in [0.4, 0.5) is 5.82 Å². The Bertz CT molecular complexity index is 1080. The third-order valence-corrected chi connectivity index (χ3v) is 4.69. The van der Waals surface area contributed by atoms with E-state index in [1.807, 2.05) is 48.7 Å². The molecule has 6 heteroatoms. The lowest BCUT2D eigenvalue weighted by atomic mass is 10.1. The van der Waals surface area contributed by atoms with E-state index in [-0.39, 0.29) is 0 Å². The van der Waals surface area contributed by atoms with E-state index in [0.717, 1.165) is 33.7 Å². The third kappa shape index (κ3) is 3.27. The quantitative estimate of drug-likeness (QED) is 0.571. The molecule has 0 unspecified atom stereocenters. The molecule has 2 aromatic heterocycles. The van der Waals surface area contributed by atoms with Crippen molar-refractivity contribution in [1.29, 1.82) is 0 Å². The summed E-state index contributed by atoms with van der Waals surface area (Å²) >= 11 is 0. The van der Waals surface area contributed by atoms with Crippen LogP contribution >= 0.6 is 0 Å². The minimum atomic E-state index is 0.498. The van der Waals surface area contributed by atoms with Crippen LogP contribution in [0, 0.1) is 13.8 Å². The highest BCUT2D eigenvalue weighted by molar-refractivity contribution is 5.86. The number of anilines is 1. The predicted octanol–water partition coefficient (Wildman–Crippen LogP) is 3.50. The van der Waals surface area contributed by atoms with Gasteiger partial charge in [-0.05, 0) is 37.1 Å². The van der Waals surface area contributed by atoms with Crippen LogP contribution in [-0.4, -0.2) is 19.7 Å². The minimum absolute atomic E-state index is 0.498. The van der Waals surface area contributed by atoms with Gasteiger partial charge in [0.2, 0.25) is 0 Å². The Morgan fingerprint density at radius 2 is 1.81 bits per heavy atom. The molecule has 27 heavy (non-hydrogen) atoms. The highest BCUT2D eigenvalue weighted by Crippen LogP contribution is 2.26. The molecule has 0 aliphatic heterocycles. The average Bonchev–Trinajstić information content (AvgIpc) is 3.04. The standard InChI is InChI=1S/C21H22N6/c1-14-11-18-17(12-22)9-6-10-19(18)27(14)21-24-20(15(2)25-26-21)23-13-16-7-4-3-5-8-16/h3-11H,12-13,22H2,1-2H3,(H,23,24,26). The Hall–Kier alpha value is -3.25. The zero-order valence-corrected chi connectivity index (χ0v) is 15.5. The van der Waals surface area contributed by atoms with E-state index in [0.29, 0.717) is 19.0 Å². The number of benzene rings is 2. The number of nitrogens with zero attached hydrogens (tertiary/aromatic N) is 4. The van der Waals surface area contributed by atoms with Gasteiger partial charge in [0.05, 0.1) is 5.52 Å². The van der Waals surface area contributed by atoms with Crippen molar-refractivity contribution in [2.75, 3.05) is 5.32 Å². The van der Waals surface area contributed by atoms with E-state index in [9.17, 15) is 0 Å². The van der Waals surface area contributed by atoms with Crippen molar-refractivity contribution < 1.29 is 0 Å². The molecule has 0 amide bonds. The molecule has 0 saturated carbocycles. The Labute approximate surface area is 158 Å². The van der Waals surface area contributed by atoms with Crippen LogP contribution in [0.5, 0.6) is 0 Å². The summed E-state index contributed by atoms with van der Waals surface area (Å²) in [5, 5.41) is 13.2. The second-order valence-corrected chi connectivity index (χ2v) is 6.56. The van der Waals surface area contributed by atoms with Gasteiger partial charge in [0.1, 0.15) is 5.69 Å². The maximum atomic E-state index is 5.89. The number of nitrogens with two attached hydrogens (primary N) is 1. The van der Waals surface area contributed by atoms with Crippen LogP contribution < -0.4 is 11.1 Å². The van der Waals surface area contributed by atoms with E-state index in [4.69, 9.17) is 10.7 Å². The number of hydrogen-bond donors (Lipinski definition) is 2. The number of nitrogens with one attached hydrogen (secondary N) is 1. The lowest BCUT2D eigenvalue weighted by Crippen LogP contribution is -2.11. The van der Waals surface area contributed by atoms with Gasteiger partial charge in [-0.15, -0.1) is 10.2 Å². The number of aryl methyl sites for hydroxylation is 2. The summed E-state index contributed by atoms with van der Waals surface area (Å²) in [6.45, 7) is 5.13. The third-order valence-electron chi connectivity index (χ3n) is 4.69. The van der Waals surface area contributed by atoms with Crippen LogP contribution in [0.15, 0.2) is 54.6 Å². The maximum absolute atomic E-state index is 5.89. The van der Waals surface area contributed by atoms with Crippen molar-refractivity contribution in [2.24, 2.45) is 5.73 Å².